The third-order valence-electron chi connectivity index (χ3n) is 5.52. The highest BCUT2D eigenvalue weighted by atomic mass is 16.5. The highest BCUT2D eigenvalue weighted by Gasteiger charge is 2.31. The molecule has 0 aliphatic carbocycles. The van der Waals surface area contributed by atoms with E-state index in [-0.39, 0.29) is 23.7 Å². The molecular weight excluding hydrogens is 384 g/mol. The van der Waals surface area contributed by atoms with Gasteiger partial charge in [0.25, 0.3) is 0 Å². The van der Waals surface area contributed by atoms with E-state index in [9.17, 15) is 9.59 Å². The van der Waals surface area contributed by atoms with Crippen molar-refractivity contribution in [2.75, 3.05) is 13.2 Å². The molecular formula is C24H38O6. The summed E-state index contributed by atoms with van der Waals surface area (Å²) in [7, 11) is 0. The van der Waals surface area contributed by atoms with Gasteiger partial charge in [-0.2, -0.15) is 0 Å². The van der Waals surface area contributed by atoms with Crippen LogP contribution in [-0.2, 0) is 20.4 Å². The van der Waals surface area contributed by atoms with Crippen molar-refractivity contribution in [3.05, 3.63) is 23.3 Å². The second-order valence-corrected chi connectivity index (χ2v) is 8.97. The van der Waals surface area contributed by atoms with Gasteiger partial charge in [0.1, 0.15) is 11.5 Å². The zero-order valence-corrected chi connectivity index (χ0v) is 19.3. The molecule has 30 heavy (non-hydrogen) atoms. The summed E-state index contributed by atoms with van der Waals surface area (Å²) < 4.78 is 12.0. The molecule has 0 fully saturated rings. The molecule has 0 radical (unpaired) electrons. The van der Waals surface area contributed by atoms with E-state index >= 15 is 0 Å². The van der Waals surface area contributed by atoms with Gasteiger partial charge in [0.05, 0.1) is 13.2 Å². The summed E-state index contributed by atoms with van der Waals surface area (Å²) in [6.45, 7) is 13.3. The number of ether oxygens (including phenoxy) is 2. The van der Waals surface area contributed by atoms with E-state index in [1.165, 1.54) is 0 Å². The topological polar surface area (TPSA) is 93.1 Å². The van der Waals surface area contributed by atoms with Crippen molar-refractivity contribution in [2.45, 2.75) is 90.9 Å². The third-order valence-corrected chi connectivity index (χ3v) is 5.52. The van der Waals surface area contributed by atoms with Crippen LogP contribution >= 0.6 is 0 Å². The molecule has 0 amide bonds. The lowest BCUT2D eigenvalue weighted by molar-refractivity contribution is -0.138. The fraction of sp³-hybridized carbons (Fsp3) is 0.667. The average molecular weight is 423 g/mol. The predicted molar refractivity (Wildman–Crippen MR) is 118 cm³/mol. The highest BCUT2D eigenvalue weighted by Crippen LogP contribution is 2.44. The molecule has 0 aromatic heterocycles. The first-order valence-corrected chi connectivity index (χ1v) is 10.8. The minimum Gasteiger partial charge on any atom is -0.494 e. The fourth-order valence-electron chi connectivity index (χ4n) is 3.80. The number of aliphatic carboxylic acids is 2. The van der Waals surface area contributed by atoms with Gasteiger partial charge < -0.3 is 19.7 Å². The SMILES string of the molecule is CCOc1cc(C(C)(C)CCCC(=O)O)c(OCC)cc1C(C)(C)CCCC(=O)O. The lowest BCUT2D eigenvalue weighted by Gasteiger charge is -2.32. The number of carboxylic acid groups (broad SMARTS) is 2. The van der Waals surface area contributed by atoms with E-state index in [0.717, 1.165) is 22.6 Å². The normalized spacial score (nSPS) is 11.9. The number of hydrogen-bond donors (Lipinski definition) is 2. The molecule has 6 nitrogen and oxygen atoms in total. The van der Waals surface area contributed by atoms with Crippen LogP contribution in [0.5, 0.6) is 11.5 Å². The second kappa shape index (κ2) is 11.2. The lowest BCUT2D eigenvalue weighted by atomic mass is 9.75. The number of carboxylic acids is 2. The molecule has 0 aliphatic heterocycles. The van der Waals surface area contributed by atoms with Crippen molar-refractivity contribution in [1.82, 2.24) is 0 Å². The third kappa shape index (κ3) is 7.54. The van der Waals surface area contributed by atoms with Crippen LogP contribution in [0.1, 0.15) is 91.2 Å². The zero-order chi connectivity index (χ0) is 22.9. The Hall–Kier alpha value is -2.24. The maximum absolute atomic E-state index is 10.9. The van der Waals surface area contributed by atoms with E-state index in [2.05, 4.69) is 27.7 Å². The van der Waals surface area contributed by atoms with E-state index in [4.69, 9.17) is 19.7 Å². The largest absolute Gasteiger partial charge is 0.494 e. The van der Waals surface area contributed by atoms with Crippen molar-refractivity contribution in [2.24, 2.45) is 0 Å². The summed E-state index contributed by atoms with van der Waals surface area (Å²) >= 11 is 0. The standard InChI is InChI=1S/C24H38O6/c1-7-29-19-15-18(24(5,6)14-10-12-22(27)28)20(30-8-2)16-17(19)23(3,4)13-9-11-21(25)26/h15-16H,7-14H2,1-6H3,(H,25,26)(H,27,28). The molecule has 0 saturated heterocycles. The monoisotopic (exact) mass is 422 g/mol. The molecule has 0 spiro atoms. The Kier molecular flexibility index (Phi) is 9.66. The summed E-state index contributed by atoms with van der Waals surface area (Å²) in [6, 6.07) is 4.06. The van der Waals surface area contributed by atoms with Crippen LogP contribution in [-0.4, -0.2) is 35.4 Å². The smallest absolute Gasteiger partial charge is 0.303 e. The van der Waals surface area contributed by atoms with Crippen molar-refractivity contribution in [3.8, 4) is 11.5 Å². The van der Waals surface area contributed by atoms with Crippen LogP contribution in [0.2, 0.25) is 0 Å². The van der Waals surface area contributed by atoms with Crippen LogP contribution in [0.4, 0.5) is 0 Å². The Bertz CT molecular complexity index is 659. The molecule has 1 aromatic rings. The van der Waals surface area contributed by atoms with Crippen LogP contribution in [0.3, 0.4) is 0 Å². The van der Waals surface area contributed by atoms with E-state index < -0.39 is 11.9 Å². The van der Waals surface area contributed by atoms with Gasteiger partial charge in [-0.1, -0.05) is 27.7 Å². The molecule has 1 rings (SSSR count). The van der Waals surface area contributed by atoms with Crippen LogP contribution in [0, 0.1) is 0 Å². The van der Waals surface area contributed by atoms with E-state index in [1.54, 1.807) is 0 Å². The molecule has 0 bridgehead atoms. The maximum atomic E-state index is 10.9. The highest BCUT2D eigenvalue weighted by molar-refractivity contribution is 5.67. The zero-order valence-electron chi connectivity index (χ0n) is 19.3. The molecule has 2 N–H and O–H groups in total. The lowest BCUT2D eigenvalue weighted by Crippen LogP contribution is -2.23. The Morgan fingerprint density at radius 2 is 1.10 bits per heavy atom. The molecule has 170 valence electrons. The van der Waals surface area contributed by atoms with Crippen LogP contribution in [0.15, 0.2) is 12.1 Å². The van der Waals surface area contributed by atoms with Crippen molar-refractivity contribution in [1.29, 1.82) is 0 Å². The number of hydrogen-bond acceptors (Lipinski definition) is 4. The minimum atomic E-state index is -0.788. The van der Waals surface area contributed by atoms with Crippen molar-refractivity contribution >= 4 is 11.9 Å². The molecule has 6 heteroatoms. The molecule has 0 saturated carbocycles. The molecule has 0 unspecified atom stereocenters. The van der Waals surface area contributed by atoms with Gasteiger partial charge in [-0.05, 0) is 62.5 Å². The summed E-state index contributed by atoms with van der Waals surface area (Å²) in [5.74, 6) is -0.0150. The predicted octanol–water partition coefficient (Wildman–Crippen LogP) is 5.55. The van der Waals surface area contributed by atoms with Crippen LogP contribution in [0.25, 0.3) is 0 Å². The van der Waals surface area contributed by atoms with Gasteiger partial charge >= 0.3 is 11.9 Å². The van der Waals surface area contributed by atoms with Crippen LogP contribution < -0.4 is 9.47 Å². The Morgan fingerprint density at radius 3 is 1.37 bits per heavy atom. The quantitative estimate of drug-likeness (QED) is 0.408. The second-order valence-electron chi connectivity index (χ2n) is 8.97. The Balaban J connectivity index is 3.36. The van der Waals surface area contributed by atoms with Gasteiger partial charge in [-0.15, -0.1) is 0 Å². The minimum absolute atomic E-state index is 0.139. The first kappa shape index (κ1) is 25.8. The Morgan fingerprint density at radius 1 is 0.767 bits per heavy atom. The number of benzene rings is 1. The van der Waals surface area contributed by atoms with Gasteiger partial charge in [-0.25, -0.2) is 0 Å². The molecule has 0 aliphatic rings. The van der Waals surface area contributed by atoms with Gasteiger partial charge in [0, 0.05) is 24.0 Å². The van der Waals surface area contributed by atoms with Crippen molar-refractivity contribution < 1.29 is 29.3 Å². The van der Waals surface area contributed by atoms with Gasteiger partial charge in [0.15, 0.2) is 0 Å². The summed E-state index contributed by atoms with van der Waals surface area (Å²) in [6.07, 6.45) is 2.87. The summed E-state index contributed by atoms with van der Waals surface area (Å²) in [4.78, 5) is 21.9. The molecule has 0 atom stereocenters. The average Bonchev–Trinajstić information content (AvgIpc) is 2.61. The number of carbonyl (C=O) groups is 2. The number of rotatable bonds is 14. The molecule has 1 aromatic carbocycles. The van der Waals surface area contributed by atoms with Gasteiger partial charge in [0.2, 0.25) is 0 Å². The first-order chi connectivity index (χ1) is 13.9. The molecule has 0 heterocycles. The fourth-order valence-corrected chi connectivity index (χ4v) is 3.80. The summed E-state index contributed by atoms with van der Waals surface area (Å²) in [5.41, 5.74) is 1.45. The summed E-state index contributed by atoms with van der Waals surface area (Å²) in [5, 5.41) is 18.0. The van der Waals surface area contributed by atoms with Gasteiger partial charge in [-0.3, -0.25) is 9.59 Å². The first-order valence-electron chi connectivity index (χ1n) is 10.8. The van der Waals surface area contributed by atoms with Crippen molar-refractivity contribution in [3.63, 3.8) is 0 Å². The Labute approximate surface area is 180 Å². The maximum Gasteiger partial charge on any atom is 0.303 e. The van der Waals surface area contributed by atoms with E-state index in [0.29, 0.717) is 38.9 Å². The van der Waals surface area contributed by atoms with E-state index in [1.807, 2.05) is 26.0 Å².